The van der Waals surface area contributed by atoms with Gasteiger partial charge in [-0.15, -0.1) is 0 Å². The summed E-state index contributed by atoms with van der Waals surface area (Å²) in [5.74, 6) is -0.0296. The summed E-state index contributed by atoms with van der Waals surface area (Å²) in [5, 5.41) is 3.28. The van der Waals surface area contributed by atoms with Gasteiger partial charge in [0.25, 0.3) is 0 Å². The van der Waals surface area contributed by atoms with Gasteiger partial charge in [-0.2, -0.15) is 0 Å². The molecule has 1 aromatic rings. The predicted molar refractivity (Wildman–Crippen MR) is 73.1 cm³/mol. The van der Waals surface area contributed by atoms with E-state index in [2.05, 4.69) is 17.4 Å². The molecule has 0 aromatic heterocycles. The minimum absolute atomic E-state index is 0.0296. The number of benzene rings is 1. The van der Waals surface area contributed by atoms with Crippen LogP contribution in [0, 0.1) is 0 Å². The minimum Gasteiger partial charge on any atom is -0.318 e. The number of carbonyl (C=O) groups excluding carboxylic acids is 1. The van der Waals surface area contributed by atoms with Gasteiger partial charge in [0.2, 0.25) is 5.91 Å². The molecule has 1 aliphatic heterocycles. The maximum Gasteiger partial charge on any atom is 0.225 e. The van der Waals surface area contributed by atoms with E-state index in [0.29, 0.717) is 11.5 Å². The van der Waals surface area contributed by atoms with Crippen molar-refractivity contribution in [1.29, 1.82) is 0 Å². The summed E-state index contributed by atoms with van der Waals surface area (Å²) in [6.45, 7) is 2.70. The van der Waals surface area contributed by atoms with Crippen LogP contribution in [-0.2, 0) is 11.2 Å². The van der Waals surface area contributed by atoms with Gasteiger partial charge < -0.3 is 10.2 Å². The first-order valence-corrected chi connectivity index (χ1v) is 6.32. The Kier molecular flexibility index (Phi) is 3.74. The molecule has 4 heteroatoms. The number of para-hydroxylation sites is 1. The van der Waals surface area contributed by atoms with E-state index in [1.54, 1.807) is 0 Å². The molecule has 0 aliphatic carbocycles. The maximum atomic E-state index is 11.4. The number of anilines is 1. The molecule has 0 bridgehead atoms. The smallest absolute Gasteiger partial charge is 0.225 e. The van der Waals surface area contributed by atoms with E-state index in [1.807, 2.05) is 24.0 Å². The van der Waals surface area contributed by atoms with E-state index >= 15 is 0 Å². The van der Waals surface area contributed by atoms with Gasteiger partial charge in [0, 0.05) is 18.7 Å². The van der Waals surface area contributed by atoms with Crippen molar-refractivity contribution < 1.29 is 4.79 Å². The molecule has 2 rings (SSSR count). The second-order valence-corrected chi connectivity index (χ2v) is 4.48. The van der Waals surface area contributed by atoms with Crippen molar-refractivity contribution in [3.05, 3.63) is 29.8 Å². The van der Waals surface area contributed by atoms with E-state index in [-0.39, 0.29) is 5.91 Å². The van der Waals surface area contributed by atoms with Crippen LogP contribution in [0.4, 0.5) is 5.69 Å². The summed E-state index contributed by atoms with van der Waals surface area (Å²) in [6, 6.07) is 8.21. The molecular weight excluding hydrogens is 232 g/mol. The second kappa shape index (κ2) is 5.27. The summed E-state index contributed by atoms with van der Waals surface area (Å²) in [6.07, 6.45) is 2.60. The van der Waals surface area contributed by atoms with Crippen molar-refractivity contribution in [2.45, 2.75) is 26.2 Å². The number of fused-ring (bicyclic) bond motifs is 1. The van der Waals surface area contributed by atoms with Crippen molar-refractivity contribution in [1.82, 2.24) is 5.32 Å². The van der Waals surface area contributed by atoms with Gasteiger partial charge in [0.15, 0.2) is 5.11 Å². The molecule has 1 heterocycles. The third-order valence-corrected chi connectivity index (χ3v) is 3.25. The lowest BCUT2D eigenvalue weighted by Crippen LogP contribution is -2.44. The number of thiocarbonyl (C=S) groups is 1. The molecule has 1 N–H and O–H groups in total. The molecule has 0 radical (unpaired) electrons. The topological polar surface area (TPSA) is 32.3 Å². The molecule has 0 fully saturated rings. The normalized spacial score (nSPS) is 14.1. The van der Waals surface area contributed by atoms with Gasteiger partial charge in [-0.3, -0.25) is 4.79 Å². The summed E-state index contributed by atoms with van der Waals surface area (Å²) in [4.78, 5) is 13.4. The second-order valence-electron chi connectivity index (χ2n) is 4.09. The zero-order valence-corrected chi connectivity index (χ0v) is 10.7. The quantitative estimate of drug-likeness (QED) is 0.774. The highest BCUT2D eigenvalue weighted by Crippen LogP contribution is 2.26. The van der Waals surface area contributed by atoms with Crippen LogP contribution in [-0.4, -0.2) is 17.6 Å². The monoisotopic (exact) mass is 248 g/mol. The zero-order chi connectivity index (χ0) is 12.3. The van der Waals surface area contributed by atoms with Gasteiger partial charge >= 0.3 is 0 Å². The van der Waals surface area contributed by atoms with Crippen LogP contribution in [0.15, 0.2) is 24.3 Å². The summed E-state index contributed by atoms with van der Waals surface area (Å²) in [7, 11) is 0. The minimum atomic E-state index is -0.0296. The van der Waals surface area contributed by atoms with E-state index in [0.717, 1.165) is 25.1 Å². The maximum absolute atomic E-state index is 11.4. The number of rotatable bonds is 1. The zero-order valence-electron chi connectivity index (χ0n) is 9.90. The lowest BCUT2D eigenvalue weighted by atomic mass is 10.0. The van der Waals surface area contributed by atoms with Gasteiger partial charge in [0.05, 0.1) is 0 Å². The fourth-order valence-corrected chi connectivity index (χ4v) is 2.32. The number of hydrogen-bond donors (Lipinski definition) is 1. The van der Waals surface area contributed by atoms with Crippen LogP contribution >= 0.6 is 12.2 Å². The van der Waals surface area contributed by atoms with Crippen molar-refractivity contribution in [2.24, 2.45) is 0 Å². The van der Waals surface area contributed by atoms with E-state index in [9.17, 15) is 4.79 Å². The lowest BCUT2D eigenvalue weighted by Gasteiger charge is -2.31. The Morgan fingerprint density at radius 1 is 1.47 bits per heavy atom. The highest BCUT2D eigenvalue weighted by Gasteiger charge is 2.20. The Morgan fingerprint density at radius 3 is 3.00 bits per heavy atom. The highest BCUT2D eigenvalue weighted by molar-refractivity contribution is 7.80. The first-order chi connectivity index (χ1) is 8.22. The Morgan fingerprint density at radius 2 is 2.24 bits per heavy atom. The molecule has 17 heavy (non-hydrogen) atoms. The average molecular weight is 248 g/mol. The highest BCUT2D eigenvalue weighted by atomic mass is 32.1. The number of amides is 1. The fraction of sp³-hybridized carbons (Fsp3) is 0.385. The number of carbonyl (C=O) groups is 1. The fourth-order valence-electron chi connectivity index (χ4n) is 2.02. The van der Waals surface area contributed by atoms with Gasteiger partial charge in [-0.1, -0.05) is 25.1 Å². The summed E-state index contributed by atoms with van der Waals surface area (Å²) < 4.78 is 0. The third kappa shape index (κ3) is 2.64. The largest absolute Gasteiger partial charge is 0.318 e. The molecule has 0 unspecified atom stereocenters. The number of nitrogens with zero attached hydrogens (tertiary/aromatic N) is 1. The number of hydrogen-bond acceptors (Lipinski definition) is 2. The molecule has 1 aromatic carbocycles. The van der Waals surface area contributed by atoms with E-state index < -0.39 is 0 Å². The summed E-state index contributed by atoms with van der Waals surface area (Å²) >= 11 is 5.29. The molecule has 1 amide bonds. The Balaban J connectivity index is 2.18. The molecule has 1 aliphatic rings. The standard InChI is InChI=1S/C13H16N2OS/c1-2-12(16)14-13(17)15-9-5-7-10-6-3-4-8-11(10)15/h3-4,6,8H,2,5,7,9H2,1H3,(H,14,16,17). The predicted octanol–water partition coefficient (Wildman–Crippen LogP) is 2.25. The van der Waals surface area contributed by atoms with Crippen molar-refractivity contribution in [2.75, 3.05) is 11.4 Å². The lowest BCUT2D eigenvalue weighted by molar-refractivity contribution is -0.119. The molecule has 0 spiro atoms. The summed E-state index contributed by atoms with van der Waals surface area (Å²) in [5.41, 5.74) is 2.42. The Bertz CT molecular complexity index is 445. The van der Waals surface area contributed by atoms with E-state index in [1.165, 1.54) is 5.56 Å². The Hall–Kier alpha value is -1.42. The number of aryl methyl sites for hydroxylation is 1. The van der Waals surface area contributed by atoms with Crippen LogP contribution in [0.25, 0.3) is 0 Å². The number of nitrogens with one attached hydrogen (secondary N) is 1. The average Bonchev–Trinajstić information content (AvgIpc) is 2.37. The SMILES string of the molecule is CCC(=O)NC(=S)N1CCCc2ccccc21. The van der Waals surface area contributed by atoms with Crippen LogP contribution in [0.5, 0.6) is 0 Å². The van der Waals surface area contributed by atoms with Gasteiger partial charge in [-0.05, 0) is 36.7 Å². The molecule has 3 nitrogen and oxygen atoms in total. The van der Waals surface area contributed by atoms with Crippen molar-refractivity contribution in [3.8, 4) is 0 Å². The van der Waals surface area contributed by atoms with Crippen LogP contribution in [0.3, 0.4) is 0 Å². The molecular formula is C13H16N2OS. The molecule has 0 saturated carbocycles. The first kappa shape index (κ1) is 12.0. The van der Waals surface area contributed by atoms with Gasteiger partial charge in [0.1, 0.15) is 0 Å². The van der Waals surface area contributed by atoms with Crippen molar-refractivity contribution in [3.63, 3.8) is 0 Å². The first-order valence-electron chi connectivity index (χ1n) is 5.91. The molecule has 0 saturated heterocycles. The van der Waals surface area contributed by atoms with Crippen LogP contribution < -0.4 is 10.2 Å². The molecule has 0 atom stereocenters. The van der Waals surface area contributed by atoms with Crippen LogP contribution in [0.1, 0.15) is 25.3 Å². The Labute approximate surface area is 107 Å². The molecule has 90 valence electrons. The van der Waals surface area contributed by atoms with Crippen LogP contribution in [0.2, 0.25) is 0 Å². The van der Waals surface area contributed by atoms with Crippen molar-refractivity contribution >= 4 is 28.9 Å². The third-order valence-electron chi connectivity index (χ3n) is 2.92. The van der Waals surface area contributed by atoms with Gasteiger partial charge in [-0.25, -0.2) is 0 Å². The van der Waals surface area contributed by atoms with E-state index in [4.69, 9.17) is 12.2 Å².